The summed E-state index contributed by atoms with van der Waals surface area (Å²) >= 11 is 0. The summed E-state index contributed by atoms with van der Waals surface area (Å²) in [4.78, 5) is 13.9. The largest absolute Gasteiger partial charge is 0.417 e. The molecule has 1 fully saturated rings. The molecule has 1 aromatic rings. The van der Waals surface area contributed by atoms with Gasteiger partial charge in [0.2, 0.25) is 0 Å². The molecule has 5 nitrogen and oxygen atoms in total. The van der Waals surface area contributed by atoms with E-state index in [1.165, 1.54) is 12.1 Å². The molecular formula is C15H19F3N2O3. The van der Waals surface area contributed by atoms with Crippen LogP contribution in [0.3, 0.4) is 0 Å². The number of amides is 1. The van der Waals surface area contributed by atoms with Crippen LogP contribution >= 0.6 is 0 Å². The van der Waals surface area contributed by atoms with Crippen LogP contribution in [0.15, 0.2) is 24.3 Å². The van der Waals surface area contributed by atoms with Crippen molar-refractivity contribution >= 4 is 5.91 Å². The summed E-state index contributed by atoms with van der Waals surface area (Å²) < 4.78 is 43.8. The number of aliphatic hydroxyl groups excluding tert-OH is 1. The molecule has 0 spiro atoms. The lowest BCUT2D eigenvalue weighted by molar-refractivity contribution is -0.137. The van der Waals surface area contributed by atoms with E-state index < -0.39 is 29.3 Å². The van der Waals surface area contributed by atoms with Crippen LogP contribution < -0.4 is 5.32 Å². The standard InChI is InChI=1S/C15H19F3N2O3/c16-15(17,18)13-4-2-1-3-12(13)14(22)19-9-11(21)10-20-5-7-23-8-6-20/h1-4,11,21H,5-10H2,(H,19,22). The second-order valence-corrected chi connectivity index (χ2v) is 5.32. The van der Waals surface area contributed by atoms with Crippen LogP contribution in [-0.2, 0) is 10.9 Å². The average molecular weight is 332 g/mol. The maximum atomic E-state index is 12.9. The Morgan fingerprint density at radius 3 is 2.61 bits per heavy atom. The average Bonchev–Trinajstić information content (AvgIpc) is 2.53. The Morgan fingerprint density at radius 1 is 1.30 bits per heavy atom. The number of aliphatic hydroxyl groups is 1. The third kappa shape index (κ3) is 5.19. The molecule has 0 radical (unpaired) electrons. The van der Waals surface area contributed by atoms with Crippen molar-refractivity contribution in [3.05, 3.63) is 35.4 Å². The lowest BCUT2D eigenvalue weighted by Gasteiger charge is -2.28. The molecule has 2 N–H and O–H groups in total. The predicted molar refractivity (Wildman–Crippen MR) is 77.0 cm³/mol. The van der Waals surface area contributed by atoms with Gasteiger partial charge in [0, 0.05) is 26.2 Å². The van der Waals surface area contributed by atoms with Crippen molar-refractivity contribution in [3.8, 4) is 0 Å². The predicted octanol–water partition coefficient (Wildman–Crippen LogP) is 1.13. The minimum absolute atomic E-state index is 0.109. The number of morpholine rings is 1. The van der Waals surface area contributed by atoms with E-state index in [-0.39, 0.29) is 6.54 Å². The molecule has 2 rings (SSSR count). The maximum Gasteiger partial charge on any atom is 0.417 e. The highest BCUT2D eigenvalue weighted by Crippen LogP contribution is 2.31. The fraction of sp³-hybridized carbons (Fsp3) is 0.533. The summed E-state index contributed by atoms with van der Waals surface area (Å²) in [7, 11) is 0. The van der Waals surface area contributed by atoms with Gasteiger partial charge in [0.05, 0.1) is 30.4 Å². The number of carbonyl (C=O) groups excluding carboxylic acids is 1. The molecule has 0 aliphatic carbocycles. The first-order valence-corrected chi connectivity index (χ1v) is 7.30. The zero-order valence-corrected chi connectivity index (χ0v) is 12.5. The molecule has 0 saturated carbocycles. The molecular weight excluding hydrogens is 313 g/mol. The Kier molecular flexibility index (Phi) is 5.97. The van der Waals surface area contributed by atoms with Gasteiger partial charge < -0.3 is 15.2 Å². The van der Waals surface area contributed by atoms with Gasteiger partial charge in [-0.3, -0.25) is 9.69 Å². The molecule has 1 aliphatic heterocycles. The van der Waals surface area contributed by atoms with Crippen LogP contribution in [0, 0.1) is 0 Å². The number of rotatable bonds is 5. The van der Waals surface area contributed by atoms with Crippen molar-refractivity contribution in [2.45, 2.75) is 12.3 Å². The van der Waals surface area contributed by atoms with Gasteiger partial charge in [-0.25, -0.2) is 0 Å². The molecule has 0 aromatic heterocycles. The van der Waals surface area contributed by atoms with E-state index in [4.69, 9.17) is 4.74 Å². The second-order valence-electron chi connectivity index (χ2n) is 5.32. The molecule has 1 saturated heterocycles. The molecule has 1 heterocycles. The highest BCUT2D eigenvalue weighted by atomic mass is 19.4. The summed E-state index contributed by atoms with van der Waals surface area (Å²) in [5.74, 6) is -0.848. The van der Waals surface area contributed by atoms with E-state index in [1.54, 1.807) is 0 Å². The molecule has 1 aromatic carbocycles. The Balaban J connectivity index is 1.89. The Labute approximate surface area is 132 Å². The van der Waals surface area contributed by atoms with Gasteiger partial charge in [-0.1, -0.05) is 12.1 Å². The lowest BCUT2D eigenvalue weighted by Crippen LogP contribution is -2.44. The molecule has 1 atom stereocenters. The number of carbonyl (C=O) groups is 1. The fourth-order valence-corrected chi connectivity index (χ4v) is 2.38. The van der Waals surface area contributed by atoms with Gasteiger partial charge in [-0.2, -0.15) is 13.2 Å². The fourth-order valence-electron chi connectivity index (χ4n) is 2.38. The SMILES string of the molecule is O=C(NCC(O)CN1CCOCC1)c1ccccc1C(F)(F)F. The van der Waals surface area contributed by atoms with Gasteiger partial charge in [-0.05, 0) is 12.1 Å². The smallest absolute Gasteiger partial charge is 0.390 e. The van der Waals surface area contributed by atoms with Gasteiger partial charge in [0.1, 0.15) is 0 Å². The second kappa shape index (κ2) is 7.76. The maximum absolute atomic E-state index is 12.9. The molecule has 1 unspecified atom stereocenters. The van der Waals surface area contributed by atoms with Crippen LogP contribution in [-0.4, -0.2) is 61.4 Å². The van der Waals surface area contributed by atoms with E-state index in [2.05, 4.69) is 5.32 Å². The summed E-state index contributed by atoms with van der Waals surface area (Å²) in [5, 5.41) is 12.3. The first-order chi connectivity index (χ1) is 10.9. The molecule has 1 amide bonds. The topological polar surface area (TPSA) is 61.8 Å². The van der Waals surface area contributed by atoms with Crippen LogP contribution in [0.5, 0.6) is 0 Å². The quantitative estimate of drug-likeness (QED) is 0.849. The molecule has 23 heavy (non-hydrogen) atoms. The first kappa shape index (κ1) is 17.7. The van der Waals surface area contributed by atoms with Crippen LogP contribution in [0.4, 0.5) is 13.2 Å². The van der Waals surface area contributed by atoms with Crippen molar-refractivity contribution < 1.29 is 27.8 Å². The van der Waals surface area contributed by atoms with E-state index in [0.29, 0.717) is 32.8 Å². The number of halogens is 3. The summed E-state index contributed by atoms with van der Waals surface area (Å²) in [6.45, 7) is 2.76. The van der Waals surface area contributed by atoms with Gasteiger partial charge in [0.25, 0.3) is 5.91 Å². The summed E-state index contributed by atoms with van der Waals surface area (Å²) in [6, 6.07) is 4.58. The Bertz CT molecular complexity index is 531. The highest BCUT2D eigenvalue weighted by Gasteiger charge is 2.34. The highest BCUT2D eigenvalue weighted by molar-refractivity contribution is 5.95. The van der Waals surface area contributed by atoms with E-state index >= 15 is 0 Å². The van der Waals surface area contributed by atoms with Crippen molar-refractivity contribution in [3.63, 3.8) is 0 Å². The minimum atomic E-state index is -4.60. The number of ether oxygens (including phenoxy) is 1. The monoisotopic (exact) mass is 332 g/mol. The molecule has 0 bridgehead atoms. The minimum Gasteiger partial charge on any atom is -0.390 e. The van der Waals surface area contributed by atoms with Gasteiger partial charge in [0.15, 0.2) is 0 Å². The Morgan fingerprint density at radius 2 is 1.96 bits per heavy atom. The first-order valence-electron chi connectivity index (χ1n) is 7.30. The van der Waals surface area contributed by atoms with Gasteiger partial charge in [-0.15, -0.1) is 0 Å². The Hall–Kier alpha value is -1.64. The van der Waals surface area contributed by atoms with Crippen LogP contribution in [0.1, 0.15) is 15.9 Å². The third-order valence-corrected chi connectivity index (χ3v) is 3.55. The molecule has 1 aliphatic rings. The molecule has 128 valence electrons. The number of alkyl halides is 3. The van der Waals surface area contributed by atoms with E-state index in [0.717, 1.165) is 12.1 Å². The zero-order chi connectivity index (χ0) is 16.9. The normalized spacial score (nSPS) is 17.7. The number of β-amino-alcohol motifs (C(OH)–C–C–N with tert-alkyl or cyclic N) is 1. The zero-order valence-electron chi connectivity index (χ0n) is 12.5. The van der Waals surface area contributed by atoms with Crippen molar-refractivity contribution in [2.75, 3.05) is 39.4 Å². The summed E-state index contributed by atoms with van der Waals surface area (Å²) in [5.41, 5.74) is -1.43. The number of hydrogen-bond donors (Lipinski definition) is 2. The van der Waals surface area contributed by atoms with E-state index in [9.17, 15) is 23.1 Å². The van der Waals surface area contributed by atoms with E-state index in [1.807, 2.05) is 4.90 Å². The van der Waals surface area contributed by atoms with Crippen molar-refractivity contribution in [2.24, 2.45) is 0 Å². The van der Waals surface area contributed by atoms with Crippen LogP contribution in [0.2, 0.25) is 0 Å². The van der Waals surface area contributed by atoms with Crippen LogP contribution in [0.25, 0.3) is 0 Å². The van der Waals surface area contributed by atoms with Gasteiger partial charge >= 0.3 is 6.18 Å². The number of hydrogen-bond acceptors (Lipinski definition) is 4. The summed E-state index contributed by atoms with van der Waals surface area (Å²) in [6.07, 6.45) is -5.45. The lowest BCUT2D eigenvalue weighted by atomic mass is 10.1. The molecule has 8 heteroatoms. The van der Waals surface area contributed by atoms with Crippen molar-refractivity contribution in [1.82, 2.24) is 10.2 Å². The van der Waals surface area contributed by atoms with Crippen molar-refractivity contribution in [1.29, 1.82) is 0 Å². The number of nitrogens with zero attached hydrogens (tertiary/aromatic N) is 1. The third-order valence-electron chi connectivity index (χ3n) is 3.55. The number of nitrogens with one attached hydrogen (secondary N) is 1. The number of benzene rings is 1.